The highest BCUT2D eigenvalue weighted by Crippen LogP contribution is 2.43. The van der Waals surface area contributed by atoms with Gasteiger partial charge in [0.25, 0.3) is 0 Å². The Hall–Kier alpha value is -0.410. The van der Waals surface area contributed by atoms with E-state index >= 15 is 0 Å². The van der Waals surface area contributed by atoms with E-state index in [0.717, 1.165) is 31.6 Å². The lowest BCUT2D eigenvalue weighted by atomic mass is 9.76. The zero-order chi connectivity index (χ0) is 16.5. The van der Waals surface area contributed by atoms with E-state index < -0.39 is 0 Å². The van der Waals surface area contributed by atoms with Gasteiger partial charge in [-0.1, -0.05) is 33.1 Å². The quantitative estimate of drug-likeness (QED) is 0.460. The molecule has 1 fully saturated rings. The molecule has 3 atom stereocenters. The first-order valence-electron chi connectivity index (χ1n) is 8.72. The molecular formula is C18H31ClO3. The molecule has 1 aliphatic rings. The van der Waals surface area contributed by atoms with Crippen LogP contribution in [-0.2, 0) is 9.59 Å². The van der Waals surface area contributed by atoms with E-state index in [9.17, 15) is 9.59 Å². The second-order valence-corrected chi connectivity index (χ2v) is 7.34. The minimum Gasteiger partial charge on any atom is -0.396 e. The Labute approximate surface area is 139 Å². The molecule has 0 aromatic rings. The Balaban J connectivity index is 2.55. The van der Waals surface area contributed by atoms with Crippen LogP contribution in [0.25, 0.3) is 0 Å². The maximum Gasteiger partial charge on any atom is 0.137 e. The Morgan fingerprint density at radius 2 is 1.95 bits per heavy atom. The average molecular weight is 331 g/mol. The minimum atomic E-state index is -0.119. The van der Waals surface area contributed by atoms with Gasteiger partial charge in [0.15, 0.2) is 0 Å². The van der Waals surface area contributed by atoms with E-state index in [2.05, 4.69) is 13.8 Å². The van der Waals surface area contributed by atoms with Gasteiger partial charge < -0.3 is 5.11 Å². The smallest absolute Gasteiger partial charge is 0.137 e. The normalized spacial score (nSPS) is 25.1. The summed E-state index contributed by atoms with van der Waals surface area (Å²) in [5.41, 5.74) is 0. The van der Waals surface area contributed by atoms with Gasteiger partial charge in [0.2, 0.25) is 0 Å². The van der Waals surface area contributed by atoms with E-state index in [4.69, 9.17) is 16.7 Å². The summed E-state index contributed by atoms with van der Waals surface area (Å²) in [6.45, 7) is 4.21. The number of rotatable bonds is 11. The van der Waals surface area contributed by atoms with Crippen LogP contribution in [0.4, 0.5) is 0 Å². The van der Waals surface area contributed by atoms with Crippen LogP contribution in [0.15, 0.2) is 0 Å². The molecule has 1 N–H and O–H groups in total. The Morgan fingerprint density at radius 1 is 1.27 bits per heavy atom. The van der Waals surface area contributed by atoms with Gasteiger partial charge in [-0.15, -0.1) is 11.6 Å². The maximum absolute atomic E-state index is 12.3. The third-order valence-corrected chi connectivity index (χ3v) is 5.22. The van der Waals surface area contributed by atoms with Crippen LogP contribution in [0.2, 0.25) is 0 Å². The summed E-state index contributed by atoms with van der Waals surface area (Å²) in [5.74, 6) is 2.06. The molecule has 0 aliphatic heterocycles. The monoisotopic (exact) mass is 330 g/mol. The largest absolute Gasteiger partial charge is 0.396 e. The molecule has 4 heteroatoms. The molecule has 0 heterocycles. The number of unbranched alkanes of at least 4 members (excludes halogenated alkanes) is 3. The molecule has 0 aromatic heterocycles. The summed E-state index contributed by atoms with van der Waals surface area (Å²) in [6.07, 6.45) is 6.78. The van der Waals surface area contributed by atoms with Crippen molar-refractivity contribution in [2.24, 2.45) is 23.7 Å². The number of hydrogen-bond donors (Lipinski definition) is 1. The van der Waals surface area contributed by atoms with Gasteiger partial charge in [-0.25, -0.2) is 0 Å². The number of alkyl halides is 1. The number of carbonyl (C=O) groups is 2. The molecule has 1 saturated carbocycles. The molecule has 3 nitrogen and oxygen atoms in total. The third kappa shape index (κ3) is 6.00. The molecule has 0 bridgehead atoms. The molecule has 22 heavy (non-hydrogen) atoms. The number of carbonyl (C=O) groups excluding carboxylic acids is 2. The summed E-state index contributed by atoms with van der Waals surface area (Å²) in [5, 5.41) is 8.88. The lowest BCUT2D eigenvalue weighted by molar-refractivity contribution is -0.127. The fraction of sp³-hybridized carbons (Fsp3) is 0.889. The van der Waals surface area contributed by atoms with Crippen LogP contribution in [0.3, 0.4) is 0 Å². The van der Waals surface area contributed by atoms with Gasteiger partial charge in [0, 0.05) is 37.7 Å². The van der Waals surface area contributed by atoms with Gasteiger partial charge in [0.05, 0.1) is 0 Å². The Morgan fingerprint density at radius 3 is 2.55 bits per heavy atom. The first-order chi connectivity index (χ1) is 10.5. The van der Waals surface area contributed by atoms with E-state index in [1.165, 1.54) is 6.42 Å². The zero-order valence-corrected chi connectivity index (χ0v) is 14.8. The highest BCUT2D eigenvalue weighted by Gasteiger charge is 2.43. The first kappa shape index (κ1) is 19.6. The Bertz CT molecular complexity index is 354. The average Bonchev–Trinajstić information content (AvgIpc) is 2.75. The van der Waals surface area contributed by atoms with Crippen LogP contribution < -0.4 is 0 Å². The lowest BCUT2D eigenvalue weighted by Gasteiger charge is -2.27. The Kier molecular flexibility index (Phi) is 9.27. The van der Waals surface area contributed by atoms with E-state index in [1.54, 1.807) is 0 Å². The van der Waals surface area contributed by atoms with Crippen molar-refractivity contribution >= 4 is 23.2 Å². The molecule has 128 valence electrons. The van der Waals surface area contributed by atoms with Crippen LogP contribution >= 0.6 is 11.6 Å². The number of aliphatic hydroxyl groups is 1. The van der Waals surface area contributed by atoms with Crippen molar-refractivity contribution in [2.45, 2.75) is 65.2 Å². The first-order valence-corrected chi connectivity index (χ1v) is 9.26. The highest BCUT2D eigenvalue weighted by atomic mass is 35.5. The number of aliphatic hydroxyl groups excluding tert-OH is 1. The van der Waals surface area contributed by atoms with Crippen molar-refractivity contribution in [3.63, 3.8) is 0 Å². The molecular weight excluding hydrogens is 300 g/mol. The molecule has 0 amide bonds. The van der Waals surface area contributed by atoms with E-state index in [0.29, 0.717) is 30.6 Å². The zero-order valence-electron chi connectivity index (χ0n) is 14.0. The van der Waals surface area contributed by atoms with Gasteiger partial charge in [0.1, 0.15) is 11.6 Å². The molecule has 1 rings (SSSR count). The molecule has 0 saturated heterocycles. The second-order valence-electron chi connectivity index (χ2n) is 6.97. The predicted molar refractivity (Wildman–Crippen MR) is 90.1 cm³/mol. The van der Waals surface area contributed by atoms with Crippen molar-refractivity contribution in [2.75, 3.05) is 12.5 Å². The third-order valence-electron chi connectivity index (χ3n) is 4.95. The standard InChI is InChI=1S/C18H31ClO3/c1-13(2)18-14(7-5-3-4-6-9-19)11-17(22)16(18)12-15(21)8-10-20/h13-14,16,18,20H,3-12H2,1-2H3/t14-,16+,18+/m0/s1. The number of hydrogen-bond acceptors (Lipinski definition) is 3. The minimum absolute atomic E-state index is 0.0225. The lowest BCUT2D eigenvalue weighted by Crippen LogP contribution is -2.25. The van der Waals surface area contributed by atoms with Gasteiger partial charge in [-0.3, -0.25) is 9.59 Å². The van der Waals surface area contributed by atoms with Crippen molar-refractivity contribution in [1.29, 1.82) is 0 Å². The van der Waals surface area contributed by atoms with Crippen molar-refractivity contribution in [3.8, 4) is 0 Å². The van der Waals surface area contributed by atoms with Crippen molar-refractivity contribution in [1.82, 2.24) is 0 Å². The summed E-state index contributed by atoms with van der Waals surface area (Å²) >= 11 is 5.69. The van der Waals surface area contributed by atoms with Gasteiger partial charge in [-0.2, -0.15) is 0 Å². The molecule has 0 radical (unpaired) electrons. The molecule has 0 unspecified atom stereocenters. The highest BCUT2D eigenvalue weighted by molar-refractivity contribution is 6.17. The SMILES string of the molecule is CC(C)[C@@H]1[C@@H](CCCCCCCl)CC(=O)[C@H]1CC(=O)CCO. The van der Waals surface area contributed by atoms with E-state index in [-0.39, 0.29) is 30.5 Å². The van der Waals surface area contributed by atoms with Crippen LogP contribution in [0.5, 0.6) is 0 Å². The second kappa shape index (κ2) is 10.4. The topological polar surface area (TPSA) is 54.4 Å². The van der Waals surface area contributed by atoms with Crippen LogP contribution in [-0.4, -0.2) is 29.2 Å². The van der Waals surface area contributed by atoms with Gasteiger partial charge in [-0.05, 0) is 30.6 Å². The van der Waals surface area contributed by atoms with E-state index in [1.807, 2.05) is 0 Å². The fourth-order valence-electron chi connectivity index (χ4n) is 3.97. The van der Waals surface area contributed by atoms with Gasteiger partial charge >= 0.3 is 0 Å². The molecule has 0 aromatic carbocycles. The molecule has 1 aliphatic carbocycles. The van der Waals surface area contributed by atoms with Crippen molar-refractivity contribution in [3.05, 3.63) is 0 Å². The maximum atomic E-state index is 12.3. The predicted octanol–water partition coefficient (Wildman–Crippen LogP) is 3.99. The summed E-state index contributed by atoms with van der Waals surface area (Å²) in [7, 11) is 0. The fourth-order valence-corrected chi connectivity index (χ4v) is 4.16. The number of ketones is 2. The summed E-state index contributed by atoms with van der Waals surface area (Å²) < 4.78 is 0. The summed E-state index contributed by atoms with van der Waals surface area (Å²) in [6, 6.07) is 0. The number of Topliss-reactive ketones (excluding diaryl/α,β-unsaturated/α-hetero) is 2. The van der Waals surface area contributed by atoms with Crippen LogP contribution in [0, 0.1) is 23.7 Å². The number of halogens is 1. The summed E-state index contributed by atoms with van der Waals surface area (Å²) in [4.78, 5) is 24.2. The van der Waals surface area contributed by atoms with Crippen LogP contribution in [0.1, 0.15) is 65.2 Å². The molecule has 0 spiro atoms. The van der Waals surface area contributed by atoms with Crippen molar-refractivity contribution < 1.29 is 14.7 Å².